The van der Waals surface area contributed by atoms with Crippen molar-refractivity contribution in [2.24, 2.45) is 0 Å². The van der Waals surface area contributed by atoms with Crippen LogP contribution in [0.25, 0.3) is 76.8 Å². The highest BCUT2D eigenvalue weighted by atomic mass is 15.1. The lowest BCUT2D eigenvalue weighted by Gasteiger charge is -2.26. The third kappa shape index (κ3) is 12.1. The molecule has 4 nitrogen and oxygen atoms in total. The average Bonchev–Trinajstić information content (AvgIpc) is 1.14. The lowest BCUT2D eigenvalue weighted by atomic mass is 10.0. The molecule has 90 heavy (non-hydrogen) atoms. The Morgan fingerprint density at radius 3 is 0.911 bits per heavy atom. The molecule has 0 heterocycles. The molecule has 15 aromatic carbocycles. The highest BCUT2D eigenvalue weighted by molar-refractivity contribution is 5.97. The first-order valence-corrected chi connectivity index (χ1v) is 30.7. The zero-order valence-electron chi connectivity index (χ0n) is 50.4. The van der Waals surface area contributed by atoms with Crippen molar-refractivity contribution in [1.29, 1.82) is 0 Å². The minimum absolute atomic E-state index is 1.11. The Bertz CT molecular complexity index is 4890. The van der Waals surface area contributed by atoms with E-state index < -0.39 is 0 Å². The van der Waals surface area contributed by atoms with Crippen molar-refractivity contribution in [2.75, 3.05) is 33.7 Å². The predicted octanol–water partition coefficient (Wildman–Crippen LogP) is 24.0. The van der Waals surface area contributed by atoms with Crippen molar-refractivity contribution in [3.63, 3.8) is 0 Å². The number of hydrogen-bond acceptors (Lipinski definition) is 4. The lowest BCUT2D eigenvalue weighted by molar-refractivity contribution is 1.21. The fraction of sp³-hybridized carbons (Fsp3) is 0.0233. The second-order valence-electron chi connectivity index (χ2n) is 22.7. The van der Waals surface area contributed by atoms with Crippen molar-refractivity contribution in [3.05, 3.63) is 364 Å². The van der Waals surface area contributed by atoms with E-state index in [0.29, 0.717) is 0 Å². The molecular weight excluding hydrogens is 1090 g/mol. The molecule has 0 amide bonds. The molecule has 4 heteroatoms. The molecule has 0 spiro atoms. The van der Waals surface area contributed by atoms with Gasteiger partial charge in [-0.05, 0) is 187 Å². The van der Waals surface area contributed by atoms with E-state index in [-0.39, 0.29) is 0 Å². The second-order valence-corrected chi connectivity index (χ2v) is 22.7. The van der Waals surface area contributed by atoms with Crippen molar-refractivity contribution in [3.8, 4) is 44.5 Å². The number of benzene rings is 15. The SMILES string of the molecule is CN(c1ccc(-c2ccc(N(c3cccc(-c4ccccc4)c3)c3ccc4ccccc4c3)cc2)cc1)c1cccc2ccccc12.CN(c1ccccc1)c1ccc(-c2ccc(N(c3cccc(-c4ccccc4)c3)c3ccc4ccccc4c3)cc2)cc1. The van der Waals surface area contributed by atoms with E-state index in [0.717, 1.165) is 45.5 Å². The molecule has 0 radical (unpaired) electrons. The fourth-order valence-electron chi connectivity index (χ4n) is 12.2. The highest BCUT2D eigenvalue weighted by Crippen LogP contribution is 2.42. The van der Waals surface area contributed by atoms with Crippen molar-refractivity contribution in [1.82, 2.24) is 0 Å². The van der Waals surface area contributed by atoms with E-state index in [4.69, 9.17) is 0 Å². The van der Waals surface area contributed by atoms with E-state index in [1.54, 1.807) is 0 Å². The molecule has 0 bridgehead atoms. The maximum Gasteiger partial charge on any atom is 0.0487 e. The monoisotopic (exact) mass is 1150 g/mol. The Morgan fingerprint density at radius 2 is 0.456 bits per heavy atom. The summed E-state index contributed by atoms with van der Waals surface area (Å²) in [6.45, 7) is 0. The molecule has 0 saturated carbocycles. The van der Waals surface area contributed by atoms with Crippen molar-refractivity contribution >= 4 is 89.2 Å². The number of rotatable bonds is 14. The summed E-state index contributed by atoms with van der Waals surface area (Å²) in [5.41, 5.74) is 21.0. The molecule has 430 valence electrons. The normalized spacial score (nSPS) is 11.0. The molecule has 0 saturated heterocycles. The first-order valence-electron chi connectivity index (χ1n) is 30.7. The zero-order valence-corrected chi connectivity index (χ0v) is 50.4. The van der Waals surface area contributed by atoms with Gasteiger partial charge in [0.05, 0.1) is 0 Å². The van der Waals surface area contributed by atoms with Gasteiger partial charge in [-0.2, -0.15) is 0 Å². The van der Waals surface area contributed by atoms with Gasteiger partial charge in [0.1, 0.15) is 0 Å². The number of anilines is 10. The average molecular weight is 1160 g/mol. The number of fused-ring (bicyclic) bond motifs is 3. The van der Waals surface area contributed by atoms with Crippen LogP contribution in [-0.4, -0.2) is 14.1 Å². The van der Waals surface area contributed by atoms with Gasteiger partial charge in [0.15, 0.2) is 0 Å². The van der Waals surface area contributed by atoms with E-state index in [9.17, 15) is 0 Å². The second kappa shape index (κ2) is 25.7. The quantitative estimate of drug-likeness (QED) is 0.108. The Hall–Kier alpha value is -11.7. The third-order valence-electron chi connectivity index (χ3n) is 17.1. The summed E-state index contributed by atoms with van der Waals surface area (Å²) in [4.78, 5) is 9.17. The summed E-state index contributed by atoms with van der Waals surface area (Å²) in [6.07, 6.45) is 0. The van der Waals surface area contributed by atoms with Gasteiger partial charge in [-0.1, -0.05) is 249 Å². The van der Waals surface area contributed by atoms with Gasteiger partial charge in [0, 0.05) is 76.4 Å². The largest absolute Gasteiger partial charge is 0.345 e. The standard InChI is InChI=1S/C45H34N2.C41H32N2/c1-46(45-20-10-16-37-14-7-8-19-44(37)45)40-26-21-35(22-27-40)36-23-28-41(29-24-36)47(43-30-25-34-13-5-6-15-38(34)32-43)42-18-9-17-39(31-42)33-11-3-2-4-12-33;1-42(37-16-6-3-7-17-37)38-24-19-33(20-25-38)34-21-26-39(27-22-34)43(41-28-23-32-13-8-9-14-35(32)30-41)40-18-10-15-36(29-40)31-11-4-2-5-12-31/h2-32H,1H3;2-30H,1H3. The Labute approximate surface area is 528 Å². The van der Waals surface area contributed by atoms with E-state index in [1.807, 2.05) is 6.07 Å². The van der Waals surface area contributed by atoms with Gasteiger partial charge in [-0.25, -0.2) is 0 Å². The lowest BCUT2D eigenvalue weighted by Crippen LogP contribution is -2.10. The van der Waals surface area contributed by atoms with Crippen LogP contribution >= 0.6 is 0 Å². The fourth-order valence-corrected chi connectivity index (χ4v) is 12.2. The summed E-state index contributed by atoms with van der Waals surface area (Å²) < 4.78 is 0. The van der Waals surface area contributed by atoms with Crippen LogP contribution in [0.15, 0.2) is 364 Å². The molecule has 0 aliphatic carbocycles. The Kier molecular flexibility index (Phi) is 16.0. The third-order valence-corrected chi connectivity index (χ3v) is 17.1. The molecule has 0 aliphatic heterocycles. The van der Waals surface area contributed by atoms with E-state index in [1.165, 1.54) is 88.2 Å². The van der Waals surface area contributed by atoms with Crippen LogP contribution in [0.5, 0.6) is 0 Å². The maximum atomic E-state index is 2.35. The molecule has 0 aliphatic rings. The summed E-state index contributed by atoms with van der Waals surface area (Å²) in [5, 5.41) is 7.42. The van der Waals surface area contributed by atoms with Crippen LogP contribution < -0.4 is 19.6 Å². The van der Waals surface area contributed by atoms with Crippen LogP contribution in [0.3, 0.4) is 0 Å². The van der Waals surface area contributed by atoms with Gasteiger partial charge in [0.2, 0.25) is 0 Å². The van der Waals surface area contributed by atoms with Crippen LogP contribution in [0.1, 0.15) is 0 Å². The van der Waals surface area contributed by atoms with Crippen LogP contribution in [0.2, 0.25) is 0 Å². The molecule has 0 atom stereocenters. The zero-order chi connectivity index (χ0) is 60.6. The first-order chi connectivity index (χ1) is 44.4. The van der Waals surface area contributed by atoms with E-state index in [2.05, 4.69) is 392 Å². The summed E-state index contributed by atoms with van der Waals surface area (Å²) in [7, 11) is 4.24. The summed E-state index contributed by atoms with van der Waals surface area (Å²) in [5.74, 6) is 0. The predicted molar refractivity (Wildman–Crippen MR) is 386 cm³/mol. The van der Waals surface area contributed by atoms with Gasteiger partial charge in [0.25, 0.3) is 0 Å². The number of para-hydroxylation sites is 1. The highest BCUT2D eigenvalue weighted by Gasteiger charge is 2.18. The minimum atomic E-state index is 1.11. The van der Waals surface area contributed by atoms with Gasteiger partial charge in [-0.15, -0.1) is 0 Å². The van der Waals surface area contributed by atoms with Crippen LogP contribution in [-0.2, 0) is 0 Å². The number of hydrogen-bond donors (Lipinski definition) is 0. The van der Waals surface area contributed by atoms with Crippen LogP contribution in [0, 0.1) is 0 Å². The molecule has 0 N–H and O–H groups in total. The molecule has 0 fully saturated rings. The van der Waals surface area contributed by atoms with Crippen molar-refractivity contribution in [2.45, 2.75) is 0 Å². The molecular formula is C86H66N4. The molecule has 0 unspecified atom stereocenters. The molecule has 0 aromatic heterocycles. The van der Waals surface area contributed by atoms with E-state index >= 15 is 0 Å². The smallest absolute Gasteiger partial charge is 0.0487 e. The van der Waals surface area contributed by atoms with Gasteiger partial charge < -0.3 is 19.6 Å². The van der Waals surface area contributed by atoms with Gasteiger partial charge >= 0.3 is 0 Å². The molecule has 15 aromatic rings. The first kappa shape index (κ1) is 56.1. The summed E-state index contributed by atoms with van der Waals surface area (Å²) >= 11 is 0. The number of nitrogens with zero attached hydrogens (tertiary/aromatic N) is 4. The minimum Gasteiger partial charge on any atom is -0.345 e. The van der Waals surface area contributed by atoms with Gasteiger partial charge in [-0.3, -0.25) is 0 Å². The Morgan fingerprint density at radius 1 is 0.167 bits per heavy atom. The maximum absolute atomic E-state index is 2.35. The topological polar surface area (TPSA) is 13.0 Å². The van der Waals surface area contributed by atoms with Crippen molar-refractivity contribution < 1.29 is 0 Å². The Balaban J connectivity index is 0.000000158. The summed E-state index contributed by atoms with van der Waals surface area (Å²) in [6, 6.07) is 130. The molecule has 15 rings (SSSR count). The van der Waals surface area contributed by atoms with Crippen LogP contribution in [0.4, 0.5) is 56.9 Å².